The summed E-state index contributed by atoms with van der Waals surface area (Å²) in [6.45, 7) is 0.589. The van der Waals surface area contributed by atoms with Gasteiger partial charge in [0.25, 0.3) is 5.91 Å². The molecule has 0 aliphatic heterocycles. The number of aromatic nitrogens is 3. The van der Waals surface area contributed by atoms with E-state index in [0.717, 1.165) is 29.7 Å². The van der Waals surface area contributed by atoms with Crippen molar-refractivity contribution in [1.29, 1.82) is 0 Å². The average Bonchev–Trinajstić information content (AvgIpc) is 3.45. The first kappa shape index (κ1) is 17.3. The monoisotopic (exact) mass is 362 g/mol. The van der Waals surface area contributed by atoms with Crippen LogP contribution < -0.4 is 10.1 Å². The molecule has 6 nitrogen and oxygen atoms in total. The van der Waals surface area contributed by atoms with E-state index in [1.54, 1.807) is 18.0 Å². The molecule has 3 aromatic rings. The van der Waals surface area contributed by atoms with E-state index in [1.807, 2.05) is 54.6 Å². The van der Waals surface area contributed by atoms with Crippen molar-refractivity contribution in [2.24, 2.45) is 5.92 Å². The lowest BCUT2D eigenvalue weighted by molar-refractivity contribution is 0.0926. The molecule has 1 N–H and O–H groups in total. The minimum Gasteiger partial charge on any atom is -0.497 e. The Bertz CT molecular complexity index is 901. The molecule has 1 unspecified atom stereocenters. The normalized spacial score (nSPS) is 14.6. The molecule has 1 heterocycles. The van der Waals surface area contributed by atoms with Crippen molar-refractivity contribution in [1.82, 2.24) is 20.3 Å². The first-order valence-corrected chi connectivity index (χ1v) is 9.12. The van der Waals surface area contributed by atoms with Gasteiger partial charge in [0.1, 0.15) is 5.75 Å². The average molecular weight is 362 g/mol. The second-order valence-corrected chi connectivity index (χ2v) is 6.85. The van der Waals surface area contributed by atoms with E-state index >= 15 is 0 Å². The van der Waals surface area contributed by atoms with Gasteiger partial charge in [0.2, 0.25) is 0 Å². The first-order chi connectivity index (χ1) is 13.2. The predicted octanol–water partition coefficient (Wildman–Crippen LogP) is 3.22. The first-order valence-electron chi connectivity index (χ1n) is 9.12. The zero-order valence-corrected chi connectivity index (χ0v) is 15.2. The van der Waals surface area contributed by atoms with Crippen LogP contribution in [0.5, 0.6) is 5.75 Å². The zero-order chi connectivity index (χ0) is 18.6. The second kappa shape index (κ2) is 7.61. The summed E-state index contributed by atoms with van der Waals surface area (Å²) in [5.41, 5.74) is 2.54. The van der Waals surface area contributed by atoms with E-state index in [4.69, 9.17) is 4.74 Å². The topological polar surface area (TPSA) is 69.0 Å². The molecule has 0 bridgehead atoms. The van der Waals surface area contributed by atoms with Crippen LogP contribution in [0, 0.1) is 5.92 Å². The highest BCUT2D eigenvalue weighted by Gasteiger charge is 2.34. The number of benzene rings is 2. The smallest absolute Gasteiger partial charge is 0.273 e. The Labute approximate surface area is 158 Å². The molecule has 1 aliphatic carbocycles. The largest absolute Gasteiger partial charge is 0.497 e. The lowest BCUT2D eigenvalue weighted by Gasteiger charge is -2.18. The van der Waals surface area contributed by atoms with Crippen LogP contribution >= 0.6 is 0 Å². The minimum atomic E-state index is -0.193. The van der Waals surface area contributed by atoms with Crippen molar-refractivity contribution < 1.29 is 9.53 Å². The van der Waals surface area contributed by atoms with E-state index in [9.17, 15) is 4.79 Å². The quantitative estimate of drug-likeness (QED) is 0.701. The summed E-state index contributed by atoms with van der Waals surface area (Å²) in [5.74, 6) is 1.09. The van der Waals surface area contributed by atoms with Crippen LogP contribution in [0.25, 0.3) is 0 Å². The molecular formula is C21H22N4O2. The molecule has 138 valence electrons. The number of hydrogen-bond acceptors (Lipinski definition) is 4. The van der Waals surface area contributed by atoms with Gasteiger partial charge in [0.15, 0.2) is 5.69 Å². The van der Waals surface area contributed by atoms with Gasteiger partial charge in [-0.2, -0.15) is 0 Å². The fraction of sp³-hybridized carbons (Fsp3) is 0.286. The van der Waals surface area contributed by atoms with Gasteiger partial charge in [-0.05, 0) is 42.0 Å². The predicted molar refractivity (Wildman–Crippen MR) is 101 cm³/mol. The fourth-order valence-electron chi connectivity index (χ4n) is 3.18. The Balaban J connectivity index is 1.45. The number of carbonyl (C=O) groups is 1. The van der Waals surface area contributed by atoms with Crippen molar-refractivity contribution in [3.05, 3.63) is 77.6 Å². The molecule has 6 heteroatoms. The molecule has 1 fully saturated rings. The number of carbonyl (C=O) groups excluding carboxylic acids is 1. The van der Waals surface area contributed by atoms with Crippen LogP contribution in [0.3, 0.4) is 0 Å². The third-order valence-corrected chi connectivity index (χ3v) is 4.81. The summed E-state index contributed by atoms with van der Waals surface area (Å²) in [6.07, 6.45) is 3.94. The number of hydrogen-bond donors (Lipinski definition) is 1. The van der Waals surface area contributed by atoms with Gasteiger partial charge < -0.3 is 10.1 Å². The third kappa shape index (κ3) is 4.16. The Morgan fingerprint density at radius 3 is 2.59 bits per heavy atom. The Hall–Kier alpha value is -3.15. The highest BCUT2D eigenvalue weighted by molar-refractivity contribution is 5.92. The van der Waals surface area contributed by atoms with Crippen LogP contribution in [0.4, 0.5) is 0 Å². The van der Waals surface area contributed by atoms with E-state index in [1.165, 1.54) is 0 Å². The molecule has 0 radical (unpaired) electrons. The minimum absolute atomic E-state index is 0.0114. The van der Waals surface area contributed by atoms with E-state index in [2.05, 4.69) is 15.6 Å². The van der Waals surface area contributed by atoms with Gasteiger partial charge in [-0.25, -0.2) is 4.68 Å². The van der Waals surface area contributed by atoms with Gasteiger partial charge in [-0.1, -0.05) is 47.7 Å². The van der Waals surface area contributed by atoms with Crippen LogP contribution in [0.15, 0.2) is 60.8 Å². The standard InChI is InChI=1S/C21H22N4O2/c1-27-18-11-9-17(10-12-18)20(16-7-8-16)22-21(26)19-14-25(24-23-19)13-15-5-3-2-4-6-15/h2-6,9-12,14,16,20H,7-8,13H2,1H3,(H,22,26). The molecular weight excluding hydrogens is 340 g/mol. The summed E-state index contributed by atoms with van der Waals surface area (Å²) >= 11 is 0. The lowest BCUT2D eigenvalue weighted by atomic mass is 10.0. The maximum Gasteiger partial charge on any atom is 0.273 e. The number of rotatable bonds is 7. The molecule has 4 rings (SSSR count). The van der Waals surface area contributed by atoms with Gasteiger partial charge in [0, 0.05) is 0 Å². The highest BCUT2D eigenvalue weighted by Crippen LogP contribution is 2.41. The number of ether oxygens (including phenoxy) is 1. The van der Waals surface area contributed by atoms with Crippen LogP contribution in [0.1, 0.15) is 40.5 Å². The Kier molecular flexibility index (Phi) is 4.87. The van der Waals surface area contributed by atoms with Gasteiger partial charge in [-0.15, -0.1) is 5.10 Å². The van der Waals surface area contributed by atoms with Crippen molar-refractivity contribution in [2.75, 3.05) is 7.11 Å². The van der Waals surface area contributed by atoms with E-state index < -0.39 is 0 Å². The molecule has 27 heavy (non-hydrogen) atoms. The molecule has 2 aromatic carbocycles. The van der Waals surface area contributed by atoms with Crippen LogP contribution in [-0.4, -0.2) is 28.0 Å². The third-order valence-electron chi connectivity index (χ3n) is 4.81. The van der Waals surface area contributed by atoms with Gasteiger partial charge in [-0.3, -0.25) is 4.79 Å². The number of amides is 1. The second-order valence-electron chi connectivity index (χ2n) is 6.85. The van der Waals surface area contributed by atoms with Crippen LogP contribution in [0.2, 0.25) is 0 Å². The summed E-state index contributed by atoms with van der Waals surface area (Å²) in [7, 11) is 1.65. The Morgan fingerprint density at radius 1 is 1.19 bits per heavy atom. The summed E-state index contributed by atoms with van der Waals surface area (Å²) in [4.78, 5) is 12.7. The number of methoxy groups -OCH3 is 1. The van der Waals surface area contributed by atoms with Crippen LogP contribution in [-0.2, 0) is 6.54 Å². The van der Waals surface area contributed by atoms with E-state index in [0.29, 0.717) is 18.2 Å². The SMILES string of the molecule is COc1ccc(C(NC(=O)c2cn(Cc3ccccc3)nn2)C2CC2)cc1. The maximum atomic E-state index is 12.7. The van der Waals surface area contributed by atoms with Gasteiger partial charge in [0.05, 0.1) is 25.9 Å². The van der Waals surface area contributed by atoms with Crippen molar-refractivity contribution in [2.45, 2.75) is 25.4 Å². The number of nitrogens with zero attached hydrogens (tertiary/aromatic N) is 3. The molecule has 1 saturated carbocycles. The van der Waals surface area contributed by atoms with E-state index in [-0.39, 0.29) is 11.9 Å². The van der Waals surface area contributed by atoms with Crippen molar-refractivity contribution in [3.8, 4) is 5.75 Å². The molecule has 1 aliphatic rings. The summed E-state index contributed by atoms with van der Waals surface area (Å²) in [5, 5.41) is 11.3. The maximum absolute atomic E-state index is 12.7. The number of nitrogens with one attached hydrogen (secondary N) is 1. The molecule has 0 saturated heterocycles. The zero-order valence-electron chi connectivity index (χ0n) is 15.2. The molecule has 0 spiro atoms. The molecule has 1 atom stereocenters. The van der Waals surface area contributed by atoms with Gasteiger partial charge >= 0.3 is 0 Å². The fourth-order valence-corrected chi connectivity index (χ4v) is 3.18. The Morgan fingerprint density at radius 2 is 1.93 bits per heavy atom. The highest BCUT2D eigenvalue weighted by atomic mass is 16.5. The summed E-state index contributed by atoms with van der Waals surface area (Å²) < 4.78 is 6.90. The van der Waals surface area contributed by atoms with Crippen molar-refractivity contribution in [3.63, 3.8) is 0 Å². The lowest BCUT2D eigenvalue weighted by Crippen LogP contribution is -2.30. The van der Waals surface area contributed by atoms with Crippen molar-refractivity contribution >= 4 is 5.91 Å². The molecule has 1 aromatic heterocycles. The molecule has 1 amide bonds. The summed E-state index contributed by atoms with van der Waals surface area (Å²) in [6, 6.07) is 17.8.